The van der Waals surface area contributed by atoms with Crippen molar-refractivity contribution in [3.8, 4) is 12.3 Å². The fourth-order valence-corrected chi connectivity index (χ4v) is 1.50. The molecule has 0 N–H and O–H groups in total. The van der Waals surface area contributed by atoms with Gasteiger partial charge < -0.3 is 4.90 Å². The second kappa shape index (κ2) is 3.48. The van der Waals surface area contributed by atoms with Gasteiger partial charge in [0.2, 0.25) is 0 Å². The molecule has 1 unspecified atom stereocenters. The Balaban J connectivity index is 2.43. The Morgan fingerprint density at radius 3 is 3.00 bits per heavy atom. The van der Waals surface area contributed by atoms with Gasteiger partial charge in [-0.1, -0.05) is 25.8 Å². The minimum atomic E-state index is 0.833. The quantitative estimate of drug-likeness (QED) is 0.542. The smallest absolute Gasteiger partial charge is 0.0803 e. The number of likely N-dealkylation sites (tertiary alicyclic amines) is 1. The first-order valence-electron chi connectivity index (χ1n) is 4.18. The summed E-state index contributed by atoms with van der Waals surface area (Å²) < 4.78 is 0. The molecule has 0 aliphatic carbocycles. The number of hydrogen-bond donors (Lipinski definition) is 0. The zero-order valence-corrected chi connectivity index (χ0v) is 7.14. The number of nitrogens with zero attached hydrogens (tertiary/aromatic N) is 1. The van der Waals surface area contributed by atoms with Gasteiger partial charge in [0.1, 0.15) is 0 Å². The van der Waals surface area contributed by atoms with Crippen molar-refractivity contribution in [1.29, 1.82) is 0 Å². The topological polar surface area (TPSA) is 3.24 Å². The Bertz CT molecular complexity index is 188. The van der Waals surface area contributed by atoms with Crippen LogP contribution in [0.25, 0.3) is 0 Å². The Kier molecular flexibility index (Phi) is 2.59. The summed E-state index contributed by atoms with van der Waals surface area (Å²) in [5, 5.41) is 0. The molecule has 1 aliphatic heterocycles. The van der Waals surface area contributed by atoms with Crippen molar-refractivity contribution in [3.63, 3.8) is 0 Å². The molecule has 1 saturated heterocycles. The fraction of sp³-hybridized carbons (Fsp3) is 0.600. The number of terminal acetylenes is 1. The maximum atomic E-state index is 5.25. The molecule has 1 heterocycles. The standard InChI is InChI=1S/C10H15N/c1-4-9(3)11-7-6-10(5-2)8-11/h1,10H,3,5-8H2,2H3. The van der Waals surface area contributed by atoms with E-state index in [2.05, 4.69) is 24.3 Å². The van der Waals surface area contributed by atoms with E-state index in [0.717, 1.165) is 24.7 Å². The largest absolute Gasteiger partial charge is 0.365 e. The van der Waals surface area contributed by atoms with Gasteiger partial charge in [0.05, 0.1) is 5.70 Å². The number of hydrogen-bond acceptors (Lipinski definition) is 1. The molecular weight excluding hydrogens is 134 g/mol. The molecule has 1 aliphatic rings. The van der Waals surface area contributed by atoms with E-state index in [1.165, 1.54) is 12.8 Å². The van der Waals surface area contributed by atoms with E-state index in [4.69, 9.17) is 6.42 Å². The van der Waals surface area contributed by atoms with Crippen molar-refractivity contribution in [3.05, 3.63) is 12.3 Å². The van der Waals surface area contributed by atoms with Crippen LogP contribution in [0.15, 0.2) is 12.3 Å². The summed E-state index contributed by atoms with van der Waals surface area (Å²) >= 11 is 0. The third-order valence-corrected chi connectivity index (χ3v) is 2.41. The summed E-state index contributed by atoms with van der Waals surface area (Å²) in [7, 11) is 0. The maximum absolute atomic E-state index is 5.25. The van der Waals surface area contributed by atoms with Gasteiger partial charge in [0.25, 0.3) is 0 Å². The summed E-state index contributed by atoms with van der Waals surface area (Å²) in [5.74, 6) is 3.42. The van der Waals surface area contributed by atoms with Gasteiger partial charge in [-0.3, -0.25) is 0 Å². The third kappa shape index (κ3) is 1.77. The first-order chi connectivity index (χ1) is 5.27. The summed E-state index contributed by atoms with van der Waals surface area (Å²) in [5.41, 5.74) is 0.848. The minimum absolute atomic E-state index is 0.833. The van der Waals surface area contributed by atoms with Crippen molar-refractivity contribution in [2.75, 3.05) is 13.1 Å². The Labute approximate surface area is 69.1 Å². The van der Waals surface area contributed by atoms with E-state index in [0.29, 0.717) is 0 Å². The van der Waals surface area contributed by atoms with E-state index in [1.54, 1.807) is 0 Å². The molecule has 0 radical (unpaired) electrons. The lowest BCUT2D eigenvalue weighted by Crippen LogP contribution is -2.18. The highest BCUT2D eigenvalue weighted by atomic mass is 15.1. The van der Waals surface area contributed by atoms with Gasteiger partial charge in [0.15, 0.2) is 0 Å². The molecule has 1 rings (SSSR count). The van der Waals surface area contributed by atoms with Crippen LogP contribution in [0, 0.1) is 18.3 Å². The maximum Gasteiger partial charge on any atom is 0.0803 e. The summed E-state index contributed by atoms with van der Waals surface area (Å²) in [6, 6.07) is 0. The molecule has 0 spiro atoms. The molecule has 0 bridgehead atoms. The Morgan fingerprint density at radius 1 is 1.82 bits per heavy atom. The van der Waals surface area contributed by atoms with Gasteiger partial charge in [-0.2, -0.15) is 0 Å². The van der Waals surface area contributed by atoms with Gasteiger partial charge in [-0.05, 0) is 12.3 Å². The zero-order chi connectivity index (χ0) is 8.27. The van der Waals surface area contributed by atoms with Crippen molar-refractivity contribution >= 4 is 0 Å². The normalized spacial score (nSPS) is 23.3. The number of allylic oxidation sites excluding steroid dienone is 1. The zero-order valence-electron chi connectivity index (χ0n) is 7.14. The molecule has 1 heteroatoms. The van der Waals surface area contributed by atoms with E-state index in [-0.39, 0.29) is 0 Å². The lowest BCUT2D eigenvalue weighted by atomic mass is 10.1. The average Bonchev–Trinajstić information content (AvgIpc) is 2.50. The highest BCUT2D eigenvalue weighted by Crippen LogP contribution is 2.21. The number of rotatable bonds is 2. The van der Waals surface area contributed by atoms with E-state index in [1.807, 2.05) is 0 Å². The van der Waals surface area contributed by atoms with Crippen molar-refractivity contribution in [2.24, 2.45) is 5.92 Å². The minimum Gasteiger partial charge on any atom is -0.365 e. The van der Waals surface area contributed by atoms with Gasteiger partial charge in [-0.25, -0.2) is 0 Å². The highest BCUT2D eigenvalue weighted by molar-refractivity contribution is 5.20. The third-order valence-electron chi connectivity index (χ3n) is 2.41. The van der Waals surface area contributed by atoms with Crippen LogP contribution < -0.4 is 0 Å². The average molecular weight is 149 g/mol. The lowest BCUT2D eigenvalue weighted by molar-refractivity contribution is 0.416. The molecule has 0 saturated carbocycles. The summed E-state index contributed by atoms with van der Waals surface area (Å²) in [6.45, 7) is 8.25. The van der Waals surface area contributed by atoms with E-state index >= 15 is 0 Å². The first kappa shape index (κ1) is 8.20. The van der Waals surface area contributed by atoms with Crippen molar-refractivity contribution in [1.82, 2.24) is 4.90 Å². The molecular formula is C10H15N. The van der Waals surface area contributed by atoms with Crippen LogP contribution in [0.5, 0.6) is 0 Å². The van der Waals surface area contributed by atoms with Gasteiger partial charge >= 0.3 is 0 Å². The monoisotopic (exact) mass is 149 g/mol. The van der Waals surface area contributed by atoms with E-state index in [9.17, 15) is 0 Å². The van der Waals surface area contributed by atoms with Crippen LogP contribution in [0.1, 0.15) is 19.8 Å². The molecule has 1 nitrogen and oxygen atoms in total. The Morgan fingerprint density at radius 2 is 2.55 bits per heavy atom. The summed E-state index contributed by atoms with van der Waals surface area (Å²) in [4.78, 5) is 2.20. The first-order valence-corrected chi connectivity index (χ1v) is 4.18. The lowest BCUT2D eigenvalue weighted by Gasteiger charge is -2.16. The van der Waals surface area contributed by atoms with Crippen LogP contribution in [0.3, 0.4) is 0 Å². The predicted molar refractivity (Wildman–Crippen MR) is 47.9 cm³/mol. The van der Waals surface area contributed by atoms with Crippen molar-refractivity contribution < 1.29 is 0 Å². The fourth-order valence-electron chi connectivity index (χ4n) is 1.50. The van der Waals surface area contributed by atoms with Crippen LogP contribution in [-0.2, 0) is 0 Å². The molecule has 0 aromatic carbocycles. The highest BCUT2D eigenvalue weighted by Gasteiger charge is 2.20. The van der Waals surface area contributed by atoms with Crippen molar-refractivity contribution in [2.45, 2.75) is 19.8 Å². The molecule has 0 aromatic rings. The second-order valence-electron chi connectivity index (χ2n) is 3.10. The SMILES string of the molecule is C#CC(=C)N1CCC(CC)C1. The molecule has 0 amide bonds. The van der Waals surface area contributed by atoms with Gasteiger partial charge in [-0.15, -0.1) is 6.42 Å². The van der Waals surface area contributed by atoms with Gasteiger partial charge in [0, 0.05) is 13.1 Å². The van der Waals surface area contributed by atoms with Crippen LogP contribution >= 0.6 is 0 Å². The predicted octanol–water partition coefficient (Wildman–Crippen LogP) is 1.87. The molecule has 1 fully saturated rings. The molecule has 11 heavy (non-hydrogen) atoms. The molecule has 1 atom stereocenters. The van der Waals surface area contributed by atoms with Crippen LogP contribution in [0.2, 0.25) is 0 Å². The second-order valence-corrected chi connectivity index (χ2v) is 3.10. The molecule has 60 valence electrons. The Hall–Kier alpha value is -0.900. The summed E-state index contributed by atoms with van der Waals surface area (Å²) in [6.07, 6.45) is 7.78. The van der Waals surface area contributed by atoms with E-state index < -0.39 is 0 Å². The molecule has 0 aromatic heterocycles. The van der Waals surface area contributed by atoms with Crippen LogP contribution in [0.4, 0.5) is 0 Å². The van der Waals surface area contributed by atoms with Crippen LogP contribution in [-0.4, -0.2) is 18.0 Å².